The highest BCUT2D eigenvalue weighted by molar-refractivity contribution is 6.30. The predicted octanol–water partition coefficient (Wildman–Crippen LogP) is 3.77. The van der Waals surface area contributed by atoms with Gasteiger partial charge in [0.2, 0.25) is 0 Å². The zero-order chi connectivity index (χ0) is 13.1. The van der Waals surface area contributed by atoms with Crippen LogP contribution in [0.4, 0.5) is 0 Å². The number of rotatable bonds is 4. The van der Waals surface area contributed by atoms with Gasteiger partial charge in [0.25, 0.3) is 0 Å². The monoisotopic (exact) mass is 272 g/mol. The molecule has 0 unspecified atom stereocenters. The van der Waals surface area contributed by atoms with Crippen molar-refractivity contribution in [2.45, 2.75) is 31.3 Å². The molecule has 3 rings (SSSR count). The Kier molecular flexibility index (Phi) is 3.81. The Morgan fingerprint density at radius 2 is 2.05 bits per heavy atom. The van der Waals surface area contributed by atoms with Gasteiger partial charge < -0.3 is 5.32 Å². The molecule has 1 heterocycles. The van der Waals surface area contributed by atoms with Crippen molar-refractivity contribution in [1.82, 2.24) is 10.3 Å². The molecule has 1 fully saturated rings. The van der Waals surface area contributed by atoms with Gasteiger partial charge in [-0.05, 0) is 48.6 Å². The lowest BCUT2D eigenvalue weighted by atomic mass is 9.76. The Balaban J connectivity index is 1.48. The van der Waals surface area contributed by atoms with E-state index in [0.29, 0.717) is 12.0 Å². The summed E-state index contributed by atoms with van der Waals surface area (Å²) in [7, 11) is 0. The van der Waals surface area contributed by atoms with E-state index in [1.54, 1.807) is 0 Å². The second-order valence-electron chi connectivity index (χ2n) is 5.12. The molecule has 3 heteroatoms. The Hall–Kier alpha value is -1.38. The van der Waals surface area contributed by atoms with Gasteiger partial charge in [-0.1, -0.05) is 29.8 Å². The number of pyridine rings is 1. The molecule has 1 saturated carbocycles. The Labute approximate surface area is 118 Å². The van der Waals surface area contributed by atoms with Crippen molar-refractivity contribution < 1.29 is 0 Å². The van der Waals surface area contributed by atoms with Crippen LogP contribution in [0.25, 0.3) is 0 Å². The molecule has 0 bridgehead atoms. The van der Waals surface area contributed by atoms with Crippen LogP contribution in [0.1, 0.15) is 30.0 Å². The van der Waals surface area contributed by atoms with E-state index in [-0.39, 0.29) is 0 Å². The summed E-state index contributed by atoms with van der Waals surface area (Å²) in [5.41, 5.74) is 2.47. The average molecular weight is 273 g/mol. The minimum atomic E-state index is 0.603. The van der Waals surface area contributed by atoms with Crippen LogP contribution in [0.3, 0.4) is 0 Å². The van der Waals surface area contributed by atoms with Crippen molar-refractivity contribution in [3.05, 3.63) is 64.9 Å². The third kappa shape index (κ3) is 3.14. The minimum absolute atomic E-state index is 0.603. The smallest absolute Gasteiger partial charge is 0.0541 e. The summed E-state index contributed by atoms with van der Waals surface area (Å²) in [4.78, 5) is 4.32. The first-order valence-corrected chi connectivity index (χ1v) is 7.08. The fraction of sp³-hybridized carbons (Fsp3) is 0.312. The maximum absolute atomic E-state index is 6.02. The first-order valence-electron chi connectivity index (χ1n) is 6.70. The minimum Gasteiger partial charge on any atom is -0.308 e. The number of hydrogen-bond acceptors (Lipinski definition) is 2. The Morgan fingerprint density at radius 3 is 2.79 bits per heavy atom. The zero-order valence-corrected chi connectivity index (χ0v) is 11.5. The molecule has 1 aliphatic rings. The van der Waals surface area contributed by atoms with Crippen LogP contribution in [0.5, 0.6) is 0 Å². The molecule has 2 nitrogen and oxygen atoms in total. The van der Waals surface area contributed by atoms with Crippen LogP contribution < -0.4 is 5.32 Å². The van der Waals surface area contributed by atoms with Gasteiger partial charge >= 0.3 is 0 Å². The topological polar surface area (TPSA) is 24.9 Å². The van der Waals surface area contributed by atoms with E-state index in [4.69, 9.17) is 11.6 Å². The maximum atomic E-state index is 6.02. The van der Waals surface area contributed by atoms with E-state index in [9.17, 15) is 0 Å². The van der Waals surface area contributed by atoms with Crippen LogP contribution in [0.15, 0.2) is 48.7 Å². The molecule has 0 aliphatic heterocycles. The third-order valence-electron chi connectivity index (χ3n) is 3.76. The van der Waals surface area contributed by atoms with Crippen LogP contribution in [0.2, 0.25) is 5.02 Å². The van der Waals surface area contributed by atoms with Crippen molar-refractivity contribution in [3.8, 4) is 0 Å². The first-order chi connectivity index (χ1) is 9.31. The van der Waals surface area contributed by atoms with Gasteiger partial charge in [0.15, 0.2) is 0 Å². The fourth-order valence-corrected chi connectivity index (χ4v) is 2.77. The Morgan fingerprint density at radius 1 is 1.16 bits per heavy atom. The maximum Gasteiger partial charge on any atom is 0.0541 e. The number of hydrogen-bond donors (Lipinski definition) is 1. The van der Waals surface area contributed by atoms with Crippen LogP contribution >= 0.6 is 11.6 Å². The van der Waals surface area contributed by atoms with Crippen molar-refractivity contribution >= 4 is 11.6 Å². The lowest BCUT2D eigenvalue weighted by Crippen LogP contribution is -2.39. The molecule has 0 spiro atoms. The lowest BCUT2D eigenvalue weighted by Gasteiger charge is -2.36. The predicted molar refractivity (Wildman–Crippen MR) is 78.3 cm³/mol. The normalized spacial score (nSPS) is 21.9. The van der Waals surface area contributed by atoms with E-state index >= 15 is 0 Å². The van der Waals surface area contributed by atoms with E-state index in [1.165, 1.54) is 18.4 Å². The van der Waals surface area contributed by atoms with Crippen LogP contribution in [-0.4, -0.2) is 11.0 Å². The summed E-state index contributed by atoms with van der Waals surface area (Å²) in [6.45, 7) is 0.855. The zero-order valence-electron chi connectivity index (χ0n) is 10.7. The van der Waals surface area contributed by atoms with Crippen molar-refractivity contribution in [3.63, 3.8) is 0 Å². The summed E-state index contributed by atoms with van der Waals surface area (Å²) in [6.07, 6.45) is 4.22. The molecule has 0 atom stereocenters. The fourth-order valence-electron chi connectivity index (χ4n) is 2.57. The SMILES string of the molecule is Clc1cccc(C2CC(NCc3ccccn3)C2)c1. The third-order valence-corrected chi connectivity index (χ3v) is 3.99. The molecule has 0 amide bonds. The number of nitrogens with zero attached hydrogens (tertiary/aromatic N) is 1. The number of halogens is 1. The first kappa shape index (κ1) is 12.6. The van der Waals surface area contributed by atoms with Crippen molar-refractivity contribution in [1.29, 1.82) is 0 Å². The molecule has 1 aromatic heterocycles. The largest absolute Gasteiger partial charge is 0.308 e. The highest BCUT2D eigenvalue weighted by Crippen LogP contribution is 2.37. The summed E-state index contributed by atoms with van der Waals surface area (Å²) < 4.78 is 0. The summed E-state index contributed by atoms with van der Waals surface area (Å²) >= 11 is 6.02. The average Bonchev–Trinajstić information content (AvgIpc) is 2.38. The van der Waals surface area contributed by atoms with E-state index in [2.05, 4.69) is 28.5 Å². The second-order valence-corrected chi connectivity index (χ2v) is 5.56. The Bertz CT molecular complexity index is 535. The lowest BCUT2D eigenvalue weighted by molar-refractivity contribution is 0.288. The van der Waals surface area contributed by atoms with Gasteiger partial charge in [0, 0.05) is 23.8 Å². The molecule has 98 valence electrons. The molecule has 1 N–H and O–H groups in total. The molecular formula is C16H17ClN2. The van der Waals surface area contributed by atoms with Gasteiger partial charge in [0.05, 0.1) is 5.69 Å². The van der Waals surface area contributed by atoms with Crippen molar-refractivity contribution in [2.24, 2.45) is 0 Å². The summed E-state index contributed by atoms with van der Waals surface area (Å²) in [5.74, 6) is 0.653. The van der Waals surface area contributed by atoms with Gasteiger partial charge in [-0.3, -0.25) is 4.98 Å². The molecule has 19 heavy (non-hydrogen) atoms. The second kappa shape index (κ2) is 5.72. The molecular weight excluding hydrogens is 256 g/mol. The number of nitrogens with one attached hydrogen (secondary N) is 1. The van der Waals surface area contributed by atoms with Gasteiger partial charge in [-0.15, -0.1) is 0 Å². The molecule has 0 radical (unpaired) electrons. The molecule has 1 aliphatic carbocycles. The van der Waals surface area contributed by atoms with Crippen LogP contribution in [0, 0.1) is 0 Å². The quantitative estimate of drug-likeness (QED) is 0.916. The van der Waals surface area contributed by atoms with E-state index in [1.807, 2.05) is 30.5 Å². The standard InChI is InChI=1S/C16H17ClN2/c17-14-5-3-4-12(8-14)13-9-16(10-13)19-11-15-6-1-2-7-18-15/h1-8,13,16,19H,9-11H2. The number of benzene rings is 1. The highest BCUT2D eigenvalue weighted by Gasteiger charge is 2.29. The summed E-state index contributed by atoms with van der Waals surface area (Å²) in [5, 5.41) is 4.39. The number of aromatic nitrogens is 1. The summed E-state index contributed by atoms with van der Waals surface area (Å²) in [6, 6.07) is 14.9. The molecule has 1 aromatic carbocycles. The van der Waals surface area contributed by atoms with E-state index in [0.717, 1.165) is 17.3 Å². The van der Waals surface area contributed by atoms with E-state index < -0.39 is 0 Å². The van der Waals surface area contributed by atoms with Crippen molar-refractivity contribution in [2.75, 3.05) is 0 Å². The molecule has 2 aromatic rings. The molecule has 0 saturated heterocycles. The van der Waals surface area contributed by atoms with Gasteiger partial charge in [-0.25, -0.2) is 0 Å². The van der Waals surface area contributed by atoms with Gasteiger partial charge in [-0.2, -0.15) is 0 Å². The van der Waals surface area contributed by atoms with Gasteiger partial charge in [0.1, 0.15) is 0 Å². The highest BCUT2D eigenvalue weighted by atomic mass is 35.5. The van der Waals surface area contributed by atoms with Crippen LogP contribution in [-0.2, 0) is 6.54 Å².